The highest BCUT2D eigenvalue weighted by atomic mass is 16.4. The highest BCUT2D eigenvalue weighted by Crippen LogP contribution is 2.18. The molecular formula is C14H17N3O3. The van der Waals surface area contributed by atoms with E-state index in [-0.39, 0.29) is 0 Å². The van der Waals surface area contributed by atoms with Crippen molar-refractivity contribution in [3.63, 3.8) is 0 Å². The van der Waals surface area contributed by atoms with Crippen molar-refractivity contribution in [1.82, 2.24) is 10.3 Å². The van der Waals surface area contributed by atoms with Gasteiger partial charge in [-0.05, 0) is 25.0 Å². The molecular weight excluding hydrogens is 258 g/mol. The maximum Gasteiger partial charge on any atom is 0.325 e. The fraction of sp³-hybridized carbons (Fsp3) is 0.286. The molecule has 1 amide bonds. The molecule has 0 aliphatic heterocycles. The second-order valence-corrected chi connectivity index (χ2v) is 4.74. The Balaban J connectivity index is 2.06. The van der Waals surface area contributed by atoms with E-state index in [4.69, 9.17) is 10.8 Å². The van der Waals surface area contributed by atoms with Crippen LogP contribution in [-0.2, 0) is 16.0 Å². The van der Waals surface area contributed by atoms with Gasteiger partial charge in [0.05, 0.1) is 6.04 Å². The quantitative estimate of drug-likeness (QED) is 0.641. The number of carbonyl (C=O) groups excluding carboxylic acids is 1. The number of carboxylic acids is 1. The number of nitrogens with two attached hydrogens (primary N) is 1. The minimum Gasteiger partial charge on any atom is -0.480 e. The van der Waals surface area contributed by atoms with Gasteiger partial charge in [0.25, 0.3) is 0 Å². The van der Waals surface area contributed by atoms with Gasteiger partial charge in [-0.25, -0.2) is 0 Å². The molecule has 2 rings (SSSR count). The number of carboxylic acid groups (broad SMARTS) is 1. The van der Waals surface area contributed by atoms with Gasteiger partial charge in [0.1, 0.15) is 6.04 Å². The molecule has 106 valence electrons. The summed E-state index contributed by atoms with van der Waals surface area (Å²) in [5, 5.41) is 12.1. The third-order valence-corrected chi connectivity index (χ3v) is 3.18. The summed E-state index contributed by atoms with van der Waals surface area (Å²) < 4.78 is 0. The van der Waals surface area contributed by atoms with Crippen molar-refractivity contribution in [2.45, 2.75) is 25.4 Å². The molecule has 0 aliphatic carbocycles. The minimum absolute atomic E-state index is 0.349. The highest BCUT2D eigenvalue weighted by Gasteiger charge is 2.20. The lowest BCUT2D eigenvalue weighted by atomic mass is 10.0. The van der Waals surface area contributed by atoms with Gasteiger partial charge >= 0.3 is 5.97 Å². The topological polar surface area (TPSA) is 108 Å². The first-order valence-electron chi connectivity index (χ1n) is 6.33. The fourth-order valence-electron chi connectivity index (χ4n) is 2.01. The Morgan fingerprint density at radius 1 is 1.40 bits per heavy atom. The minimum atomic E-state index is -1.09. The molecule has 0 unspecified atom stereocenters. The van der Waals surface area contributed by atoms with Crippen molar-refractivity contribution in [2.24, 2.45) is 5.73 Å². The molecule has 0 radical (unpaired) electrons. The van der Waals surface area contributed by atoms with Gasteiger partial charge in [0.2, 0.25) is 5.91 Å². The molecule has 2 atom stereocenters. The summed E-state index contributed by atoms with van der Waals surface area (Å²) in [6.45, 7) is 1.40. The first-order chi connectivity index (χ1) is 9.49. The maximum atomic E-state index is 11.8. The van der Waals surface area contributed by atoms with E-state index in [1.54, 1.807) is 0 Å². The van der Waals surface area contributed by atoms with E-state index in [1.165, 1.54) is 6.92 Å². The summed E-state index contributed by atoms with van der Waals surface area (Å²) in [4.78, 5) is 25.6. The van der Waals surface area contributed by atoms with E-state index in [9.17, 15) is 9.59 Å². The number of hydrogen-bond donors (Lipinski definition) is 4. The van der Waals surface area contributed by atoms with Gasteiger partial charge in [-0.3, -0.25) is 9.59 Å². The van der Waals surface area contributed by atoms with Crippen LogP contribution in [0, 0.1) is 0 Å². The Hall–Kier alpha value is -2.34. The number of nitrogens with one attached hydrogen (secondary N) is 2. The van der Waals surface area contributed by atoms with Crippen molar-refractivity contribution in [3.05, 3.63) is 36.0 Å². The molecule has 6 heteroatoms. The standard InChI is InChI=1S/C14H17N3O3/c1-8(14(19)20)17-13(18)11(15)6-9-7-16-12-5-3-2-4-10(9)12/h2-5,7-8,11,16H,6,15H2,1H3,(H,17,18)(H,19,20)/t8-,11-/m0/s1. The number of carbonyl (C=O) groups is 2. The number of aromatic amines is 1. The molecule has 5 N–H and O–H groups in total. The Kier molecular flexibility index (Phi) is 4.05. The Morgan fingerprint density at radius 3 is 2.80 bits per heavy atom. The van der Waals surface area contributed by atoms with Crippen molar-refractivity contribution < 1.29 is 14.7 Å². The molecule has 6 nitrogen and oxygen atoms in total. The zero-order valence-corrected chi connectivity index (χ0v) is 11.1. The van der Waals surface area contributed by atoms with Gasteiger partial charge in [0.15, 0.2) is 0 Å². The van der Waals surface area contributed by atoms with Crippen molar-refractivity contribution in [3.8, 4) is 0 Å². The molecule has 2 aromatic rings. The average Bonchev–Trinajstić information content (AvgIpc) is 2.82. The van der Waals surface area contributed by atoms with Crippen molar-refractivity contribution >= 4 is 22.8 Å². The van der Waals surface area contributed by atoms with Crippen LogP contribution in [0.2, 0.25) is 0 Å². The number of aromatic nitrogens is 1. The first-order valence-corrected chi connectivity index (χ1v) is 6.33. The molecule has 1 aromatic heterocycles. The van der Waals surface area contributed by atoms with Crippen LogP contribution in [0.3, 0.4) is 0 Å². The number of hydrogen-bond acceptors (Lipinski definition) is 3. The predicted molar refractivity (Wildman–Crippen MR) is 75.2 cm³/mol. The molecule has 0 fully saturated rings. The van der Waals surface area contributed by atoms with Crippen molar-refractivity contribution in [2.75, 3.05) is 0 Å². The third-order valence-electron chi connectivity index (χ3n) is 3.18. The molecule has 20 heavy (non-hydrogen) atoms. The van der Waals surface area contributed by atoms with E-state index in [0.29, 0.717) is 6.42 Å². The number of para-hydroxylation sites is 1. The van der Waals surface area contributed by atoms with Crippen LogP contribution in [0.25, 0.3) is 10.9 Å². The maximum absolute atomic E-state index is 11.8. The number of rotatable bonds is 5. The average molecular weight is 275 g/mol. The Labute approximate surface area is 116 Å². The van der Waals surface area contributed by atoms with E-state index >= 15 is 0 Å². The monoisotopic (exact) mass is 275 g/mol. The summed E-state index contributed by atoms with van der Waals surface area (Å²) in [6.07, 6.45) is 2.17. The lowest BCUT2D eigenvalue weighted by Gasteiger charge is -2.14. The van der Waals surface area contributed by atoms with Gasteiger partial charge in [-0.1, -0.05) is 18.2 Å². The van der Waals surface area contributed by atoms with E-state index < -0.39 is 24.0 Å². The molecule has 0 aliphatic rings. The van der Waals surface area contributed by atoms with Crippen LogP contribution in [0.4, 0.5) is 0 Å². The van der Waals surface area contributed by atoms with E-state index in [0.717, 1.165) is 16.5 Å². The van der Waals surface area contributed by atoms with Crippen LogP contribution in [0.5, 0.6) is 0 Å². The van der Waals surface area contributed by atoms with Gasteiger partial charge in [0, 0.05) is 17.1 Å². The molecule has 0 bridgehead atoms. The van der Waals surface area contributed by atoms with Gasteiger partial charge in [-0.15, -0.1) is 0 Å². The Bertz CT molecular complexity index is 635. The smallest absolute Gasteiger partial charge is 0.325 e. The van der Waals surface area contributed by atoms with Crippen LogP contribution >= 0.6 is 0 Å². The zero-order valence-electron chi connectivity index (χ0n) is 11.1. The number of fused-ring (bicyclic) bond motifs is 1. The van der Waals surface area contributed by atoms with Crippen LogP contribution < -0.4 is 11.1 Å². The molecule has 1 aromatic carbocycles. The molecule has 0 saturated heterocycles. The van der Waals surface area contributed by atoms with Crippen LogP contribution in [0.15, 0.2) is 30.5 Å². The molecule has 1 heterocycles. The summed E-state index contributed by atoms with van der Waals surface area (Å²) in [5.41, 5.74) is 7.75. The van der Waals surface area contributed by atoms with Gasteiger partial charge in [-0.2, -0.15) is 0 Å². The number of H-pyrrole nitrogens is 1. The summed E-state index contributed by atoms with van der Waals surface area (Å²) in [6, 6.07) is 6.00. The summed E-state index contributed by atoms with van der Waals surface area (Å²) >= 11 is 0. The number of amides is 1. The van der Waals surface area contributed by atoms with E-state index in [2.05, 4.69) is 10.3 Å². The first kappa shape index (κ1) is 14.1. The summed E-state index contributed by atoms with van der Waals surface area (Å²) in [5.74, 6) is -1.55. The van der Waals surface area contributed by atoms with Gasteiger partial charge < -0.3 is 21.1 Å². The summed E-state index contributed by atoms with van der Waals surface area (Å²) in [7, 11) is 0. The SMILES string of the molecule is C[C@H](NC(=O)[C@@H](N)Cc1c[nH]c2ccccc12)C(=O)O. The second kappa shape index (κ2) is 5.75. The lowest BCUT2D eigenvalue weighted by molar-refractivity contribution is -0.141. The second-order valence-electron chi connectivity index (χ2n) is 4.74. The predicted octanol–water partition coefficient (Wildman–Crippen LogP) is 0.627. The largest absolute Gasteiger partial charge is 0.480 e. The Morgan fingerprint density at radius 2 is 2.10 bits per heavy atom. The lowest BCUT2D eigenvalue weighted by Crippen LogP contribution is -2.47. The van der Waals surface area contributed by atoms with Crippen LogP contribution in [-0.4, -0.2) is 34.1 Å². The molecule has 0 saturated carbocycles. The fourth-order valence-corrected chi connectivity index (χ4v) is 2.01. The highest BCUT2D eigenvalue weighted by molar-refractivity contribution is 5.88. The van der Waals surface area contributed by atoms with Crippen molar-refractivity contribution in [1.29, 1.82) is 0 Å². The van der Waals surface area contributed by atoms with Crippen LogP contribution in [0.1, 0.15) is 12.5 Å². The third kappa shape index (κ3) is 2.97. The van der Waals surface area contributed by atoms with E-state index in [1.807, 2.05) is 30.5 Å². The molecule has 0 spiro atoms. The normalized spacial score (nSPS) is 13.9. The number of aliphatic carboxylic acids is 1. The number of benzene rings is 1. The zero-order chi connectivity index (χ0) is 14.7.